The van der Waals surface area contributed by atoms with Crippen molar-refractivity contribution in [2.24, 2.45) is 16.7 Å². The highest BCUT2D eigenvalue weighted by molar-refractivity contribution is 5.98. The van der Waals surface area contributed by atoms with Gasteiger partial charge < -0.3 is 4.90 Å². The lowest BCUT2D eigenvalue weighted by atomic mass is 9.55. The van der Waals surface area contributed by atoms with Gasteiger partial charge in [-0.05, 0) is 19.3 Å². The first-order chi connectivity index (χ1) is 10.1. The molecule has 122 valence electrons. The number of ketones is 1. The molecule has 0 aromatic heterocycles. The number of rotatable bonds is 0. The van der Waals surface area contributed by atoms with E-state index in [1.165, 1.54) is 11.8 Å². The highest BCUT2D eigenvalue weighted by Crippen LogP contribution is 2.53. The van der Waals surface area contributed by atoms with E-state index in [2.05, 4.69) is 0 Å². The van der Waals surface area contributed by atoms with Crippen LogP contribution in [0.25, 0.3) is 0 Å². The van der Waals surface area contributed by atoms with Gasteiger partial charge in [0.25, 0.3) is 0 Å². The van der Waals surface area contributed by atoms with Gasteiger partial charge in [0.05, 0.1) is 6.04 Å². The molecule has 5 heteroatoms. The maximum atomic E-state index is 12.9. The van der Waals surface area contributed by atoms with Gasteiger partial charge in [0, 0.05) is 36.3 Å². The standard InChI is InChI=1S/C17H26N2O3/c1-10(20)19-13-11(12-7-6-8-18(12)15(19)22)9-16(2,3)14(21)17(13,4)5/h11-13H,6-9H2,1-5H3. The summed E-state index contributed by atoms with van der Waals surface area (Å²) >= 11 is 0. The Balaban J connectivity index is 2.12. The van der Waals surface area contributed by atoms with Gasteiger partial charge in [0.1, 0.15) is 5.78 Å². The Morgan fingerprint density at radius 2 is 1.82 bits per heavy atom. The molecular weight excluding hydrogens is 280 g/mol. The fourth-order valence-corrected chi connectivity index (χ4v) is 5.26. The van der Waals surface area contributed by atoms with Crippen LogP contribution in [0.5, 0.6) is 0 Å². The van der Waals surface area contributed by atoms with E-state index < -0.39 is 10.8 Å². The number of nitrogens with zero attached hydrogens (tertiary/aromatic N) is 2. The molecule has 0 aromatic carbocycles. The molecule has 3 rings (SSSR count). The lowest BCUT2D eigenvalue weighted by molar-refractivity contribution is -0.158. The van der Waals surface area contributed by atoms with E-state index in [9.17, 15) is 14.4 Å². The van der Waals surface area contributed by atoms with Crippen LogP contribution in [0.2, 0.25) is 0 Å². The highest BCUT2D eigenvalue weighted by Gasteiger charge is 2.62. The van der Waals surface area contributed by atoms with Crippen LogP contribution in [0.4, 0.5) is 4.79 Å². The van der Waals surface area contributed by atoms with Crippen molar-refractivity contribution >= 4 is 17.7 Å². The summed E-state index contributed by atoms with van der Waals surface area (Å²) < 4.78 is 0. The van der Waals surface area contributed by atoms with E-state index in [1.807, 2.05) is 32.6 Å². The number of amides is 3. The van der Waals surface area contributed by atoms with Gasteiger partial charge in [-0.15, -0.1) is 0 Å². The lowest BCUT2D eigenvalue weighted by Gasteiger charge is -2.58. The molecule has 2 saturated heterocycles. The number of imide groups is 1. The van der Waals surface area contributed by atoms with Crippen molar-refractivity contribution in [3.63, 3.8) is 0 Å². The fourth-order valence-electron chi connectivity index (χ4n) is 5.26. The van der Waals surface area contributed by atoms with Crippen molar-refractivity contribution in [2.75, 3.05) is 6.54 Å². The molecule has 3 aliphatic rings. The molecule has 0 bridgehead atoms. The number of hydrogen-bond acceptors (Lipinski definition) is 3. The molecule has 1 saturated carbocycles. The Labute approximate surface area is 132 Å². The summed E-state index contributed by atoms with van der Waals surface area (Å²) in [7, 11) is 0. The van der Waals surface area contributed by atoms with Gasteiger partial charge in [-0.2, -0.15) is 0 Å². The van der Waals surface area contributed by atoms with Crippen molar-refractivity contribution in [1.82, 2.24) is 9.80 Å². The zero-order valence-corrected chi connectivity index (χ0v) is 14.2. The number of Topliss-reactive ketones (excluding diaryl/α,β-unsaturated/α-hetero) is 1. The average molecular weight is 306 g/mol. The van der Waals surface area contributed by atoms with E-state index in [4.69, 9.17) is 0 Å². The van der Waals surface area contributed by atoms with Crippen LogP contribution in [0.3, 0.4) is 0 Å². The second-order valence-corrected chi connectivity index (χ2v) is 8.32. The maximum absolute atomic E-state index is 12.9. The van der Waals surface area contributed by atoms with E-state index in [0.717, 1.165) is 25.8 Å². The smallest absolute Gasteiger partial charge is 0.321 e. The molecule has 0 radical (unpaired) electrons. The molecule has 0 aromatic rings. The topological polar surface area (TPSA) is 57.7 Å². The zero-order valence-electron chi connectivity index (χ0n) is 14.2. The zero-order chi connectivity index (χ0) is 16.4. The molecule has 22 heavy (non-hydrogen) atoms. The second-order valence-electron chi connectivity index (χ2n) is 8.32. The summed E-state index contributed by atoms with van der Waals surface area (Å²) in [6.45, 7) is 9.97. The molecule has 3 amide bonds. The summed E-state index contributed by atoms with van der Waals surface area (Å²) in [6, 6.07) is -0.325. The van der Waals surface area contributed by atoms with Crippen molar-refractivity contribution in [3.05, 3.63) is 0 Å². The number of carbonyl (C=O) groups is 3. The summed E-state index contributed by atoms with van der Waals surface area (Å²) in [5.41, 5.74) is -1.09. The third-order valence-electron chi connectivity index (χ3n) is 5.95. The van der Waals surface area contributed by atoms with E-state index in [-0.39, 0.29) is 35.7 Å². The van der Waals surface area contributed by atoms with Crippen LogP contribution in [0, 0.1) is 16.7 Å². The maximum Gasteiger partial charge on any atom is 0.327 e. The third-order valence-corrected chi connectivity index (χ3v) is 5.95. The average Bonchev–Trinajstić information content (AvgIpc) is 2.88. The van der Waals surface area contributed by atoms with Crippen molar-refractivity contribution in [1.29, 1.82) is 0 Å². The Morgan fingerprint density at radius 3 is 2.41 bits per heavy atom. The van der Waals surface area contributed by atoms with Gasteiger partial charge >= 0.3 is 6.03 Å². The van der Waals surface area contributed by atoms with Crippen molar-refractivity contribution in [2.45, 2.75) is 66.0 Å². The van der Waals surface area contributed by atoms with Crippen molar-refractivity contribution < 1.29 is 14.4 Å². The minimum atomic E-state index is -0.692. The van der Waals surface area contributed by atoms with Crippen LogP contribution < -0.4 is 0 Å². The largest absolute Gasteiger partial charge is 0.327 e. The van der Waals surface area contributed by atoms with Crippen LogP contribution in [0.1, 0.15) is 53.9 Å². The van der Waals surface area contributed by atoms with Gasteiger partial charge in [-0.1, -0.05) is 27.7 Å². The number of hydrogen-bond donors (Lipinski definition) is 0. The summed E-state index contributed by atoms with van der Waals surface area (Å²) in [5, 5.41) is 0. The molecule has 3 unspecified atom stereocenters. The summed E-state index contributed by atoms with van der Waals surface area (Å²) in [4.78, 5) is 41.1. The Bertz CT molecular complexity index is 552. The van der Waals surface area contributed by atoms with Gasteiger partial charge in [-0.25, -0.2) is 4.79 Å². The normalized spacial score (nSPS) is 36.1. The molecule has 2 heterocycles. The Morgan fingerprint density at radius 1 is 1.18 bits per heavy atom. The van der Waals surface area contributed by atoms with Crippen molar-refractivity contribution in [3.8, 4) is 0 Å². The molecule has 1 aliphatic carbocycles. The monoisotopic (exact) mass is 306 g/mol. The van der Waals surface area contributed by atoms with Crippen LogP contribution in [-0.2, 0) is 9.59 Å². The minimum Gasteiger partial charge on any atom is -0.321 e. The van der Waals surface area contributed by atoms with Gasteiger partial charge in [-0.3, -0.25) is 14.5 Å². The van der Waals surface area contributed by atoms with Crippen LogP contribution in [-0.4, -0.2) is 46.1 Å². The second kappa shape index (κ2) is 4.56. The first-order valence-corrected chi connectivity index (χ1v) is 8.24. The predicted molar refractivity (Wildman–Crippen MR) is 82.1 cm³/mol. The fraction of sp³-hybridized carbons (Fsp3) is 0.824. The van der Waals surface area contributed by atoms with E-state index >= 15 is 0 Å². The predicted octanol–water partition coefficient (Wildman–Crippen LogP) is 2.44. The van der Waals surface area contributed by atoms with E-state index in [0.29, 0.717) is 0 Å². The molecule has 2 aliphatic heterocycles. The molecule has 0 N–H and O–H groups in total. The SMILES string of the molecule is CC(=O)N1C(=O)N2CCCC2C2CC(C)(C)C(=O)C(C)(C)C21. The van der Waals surface area contributed by atoms with Gasteiger partial charge in [0.15, 0.2) is 0 Å². The van der Waals surface area contributed by atoms with E-state index in [1.54, 1.807) is 0 Å². The van der Waals surface area contributed by atoms with Crippen LogP contribution >= 0.6 is 0 Å². The van der Waals surface area contributed by atoms with Gasteiger partial charge in [0.2, 0.25) is 5.91 Å². The molecular formula is C17H26N2O3. The molecule has 0 spiro atoms. The minimum absolute atomic E-state index is 0.159. The summed E-state index contributed by atoms with van der Waals surface area (Å²) in [6.07, 6.45) is 2.72. The Hall–Kier alpha value is -1.39. The molecule has 3 fully saturated rings. The number of urea groups is 1. The number of carbonyl (C=O) groups excluding carboxylic acids is 3. The lowest BCUT2D eigenvalue weighted by Crippen LogP contribution is -2.71. The molecule has 3 atom stereocenters. The quantitative estimate of drug-likeness (QED) is 0.690. The third kappa shape index (κ3) is 1.87. The summed E-state index contributed by atoms with van der Waals surface area (Å²) in [5.74, 6) is 0.101. The first kappa shape index (κ1) is 15.5. The highest BCUT2D eigenvalue weighted by atomic mass is 16.2. The Kier molecular flexibility index (Phi) is 3.21. The van der Waals surface area contributed by atoms with Crippen LogP contribution in [0.15, 0.2) is 0 Å². The first-order valence-electron chi connectivity index (χ1n) is 8.24. The number of fused-ring (bicyclic) bond motifs is 3. The molecule has 5 nitrogen and oxygen atoms in total.